The summed E-state index contributed by atoms with van der Waals surface area (Å²) >= 11 is 2.04. The maximum atomic E-state index is 4.76. The van der Waals surface area contributed by atoms with Gasteiger partial charge in [0.2, 0.25) is 0 Å². The van der Waals surface area contributed by atoms with Crippen LogP contribution in [-0.2, 0) is 6.54 Å². The third-order valence-electron chi connectivity index (χ3n) is 2.26. The number of aromatic nitrogens is 1. The summed E-state index contributed by atoms with van der Waals surface area (Å²) in [5, 5.41) is 8.12. The lowest BCUT2D eigenvalue weighted by molar-refractivity contribution is 0.405. The second kappa shape index (κ2) is 4.15. The van der Waals surface area contributed by atoms with Crippen LogP contribution in [0.1, 0.15) is 19.0 Å². The highest BCUT2D eigenvalue weighted by Crippen LogP contribution is 2.25. The first kappa shape index (κ1) is 9.09. The molecule has 13 heavy (non-hydrogen) atoms. The van der Waals surface area contributed by atoms with Gasteiger partial charge in [-0.1, -0.05) is 12.1 Å². The Labute approximate surface area is 82.3 Å². The van der Waals surface area contributed by atoms with E-state index < -0.39 is 0 Å². The first-order valence-electron chi connectivity index (χ1n) is 4.59. The predicted molar refractivity (Wildman–Crippen MR) is 53.7 cm³/mol. The number of nitrogens with zero attached hydrogens (tertiary/aromatic N) is 1. The Kier molecular flexibility index (Phi) is 2.90. The van der Waals surface area contributed by atoms with Gasteiger partial charge in [0.1, 0.15) is 6.26 Å². The van der Waals surface area contributed by atoms with Gasteiger partial charge in [-0.2, -0.15) is 11.8 Å². The zero-order valence-electron chi connectivity index (χ0n) is 7.69. The molecule has 2 heterocycles. The quantitative estimate of drug-likeness (QED) is 0.801. The lowest BCUT2D eigenvalue weighted by atomic mass is 10.2. The van der Waals surface area contributed by atoms with Gasteiger partial charge in [-0.15, -0.1) is 0 Å². The van der Waals surface area contributed by atoms with Crippen LogP contribution < -0.4 is 5.32 Å². The van der Waals surface area contributed by atoms with Crippen LogP contribution >= 0.6 is 11.8 Å². The van der Waals surface area contributed by atoms with Crippen LogP contribution in [0.15, 0.2) is 16.9 Å². The molecular formula is C9H14N2OS. The summed E-state index contributed by atoms with van der Waals surface area (Å²) in [7, 11) is 0. The standard InChI is InChI=1S/C9H14N2OS/c1-7-4-9(6-13-7)10-5-8-2-3-12-11-8/h2-3,7,9-10H,4-6H2,1H3. The molecule has 3 nitrogen and oxygen atoms in total. The number of nitrogens with one attached hydrogen (secondary N) is 1. The summed E-state index contributed by atoms with van der Waals surface area (Å²) in [5.41, 5.74) is 0.990. The Morgan fingerprint density at radius 1 is 1.77 bits per heavy atom. The van der Waals surface area contributed by atoms with Crippen LogP contribution in [0, 0.1) is 0 Å². The monoisotopic (exact) mass is 198 g/mol. The Bertz CT molecular complexity index is 250. The fraction of sp³-hybridized carbons (Fsp3) is 0.667. The van der Waals surface area contributed by atoms with Crippen molar-refractivity contribution in [2.75, 3.05) is 5.75 Å². The van der Waals surface area contributed by atoms with Crippen molar-refractivity contribution in [1.82, 2.24) is 10.5 Å². The highest BCUT2D eigenvalue weighted by Gasteiger charge is 2.21. The average Bonchev–Trinajstić information content (AvgIpc) is 2.71. The summed E-state index contributed by atoms with van der Waals surface area (Å²) in [6.45, 7) is 3.11. The molecule has 0 amide bonds. The number of hydrogen-bond acceptors (Lipinski definition) is 4. The van der Waals surface area contributed by atoms with E-state index >= 15 is 0 Å². The molecule has 1 saturated heterocycles. The number of rotatable bonds is 3. The van der Waals surface area contributed by atoms with Gasteiger partial charge in [0.05, 0.1) is 5.69 Å². The minimum atomic E-state index is 0.650. The first-order valence-corrected chi connectivity index (χ1v) is 5.63. The molecular weight excluding hydrogens is 184 g/mol. The van der Waals surface area contributed by atoms with Gasteiger partial charge in [0.15, 0.2) is 0 Å². The lowest BCUT2D eigenvalue weighted by Crippen LogP contribution is -2.28. The minimum Gasteiger partial charge on any atom is -0.364 e. The maximum Gasteiger partial charge on any atom is 0.124 e. The van der Waals surface area contributed by atoms with Crippen molar-refractivity contribution >= 4 is 11.8 Å². The van der Waals surface area contributed by atoms with Gasteiger partial charge in [0, 0.05) is 29.7 Å². The fourth-order valence-electron chi connectivity index (χ4n) is 1.54. The van der Waals surface area contributed by atoms with E-state index in [1.54, 1.807) is 6.26 Å². The first-order chi connectivity index (χ1) is 6.34. The zero-order chi connectivity index (χ0) is 9.10. The Hall–Kier alpha value is -0.480. The van der Waals surface area contributed by atoms with Gasteiger partial charge in [-0.25, -0.2) is 0 Å². The average molecular weight is 198 g/mol. The van der Waals surface area contributed by atoms with Crippen LogP contribution in [-0.4, -0.2) is 22.2 Å². The van der Waals surface area contributed by atoms with Crippen molar-refractivity contribution in [3.8, 4) is 0 Å². The van der Waals surface area contributed by atoms with Crippen molar-refractivity contribution in [3.05, 3.63) is 18.0 Å². The van der Waals surface area contributed by atoms with Crippen molar-refractivity contribution in [2.45, 2.75) is 31.2 Å². The van der Waals surface area contributed by atoms with Gasteiger partial charge in [-0.05, 0) is 6.42 Å². The van der Waals surface area contributed by atoms with E-state index in [1.807, 2.05) is 17.8 Å². The molecule has 1 fully saturated rings. The van der Waals surface area contributed by atoms with Gasteiger partial charge >= 0.3 is 0 Å². The Morgan fingerprint density at radius 2 is 2.69 bits per heavy atom. The highest BCUT2D eigenvalue weighted by atomic mass is 32.2. The van der Waals surface area contributed by atoms with E-state index in [2.05, 4.69) is 17.4 Å². The van der Waals surface area contributed by atoms with E-state index in [0.29, 0.717) is 6.04 Å². The molecule has 1 N–H and O–H groups in total. The molecule has 4 heteroatoms. The Morgan fingerprint density at radius 3 is 3.31 bits per heavy atom. The normalized spacial score (nSPS) is 28.1. The molecule has 2 unspecified atom stereocenters. The van der Waals surface area contributed by atoms with Crippen molar-refractivity contribution in [3.63, 3.8) is 0 Å². The largest absolute Gasteiger partial charge is 0.364 e. The van der Waals surface area contributed by atoms with Crippen LogP contribution in [0.2, 0.25) is 0 Å². The van der Waals surface area contributed by atoms with E-state index in [-0.39, 0.29) is 0 Å². The SMILES string of the molecule is CC1CC(NCc2ccon2)CS1. The zero-order valence-corrected chi connectivity index (χ0v) is 8.51. The fourth-order valence-corrected chi connectivity index (χ4v) is 2.72. The van der Waals surface area contributed by atoms with Crippen molar-refractivity contribution in [2.24, 2.45) is 0 Å². The lowest BCUT2D eigenvalue weighted by Gasteiger charge is -2.08. The van der Waals surface area contributed by atoms with E-state index in [0.717, 1.165) is 17.5 Å². The minimum absolute atomic E-state index is 0.650. The highest BCUT2D eigenvalue weighted by molar-refractivity contribution is 8.00. The van der Waals surface area contributed by atoms with E-state index in [4.69, 9.17) is 4.52 Å². The maximum absolute atomic E-state index is 4.76. The smallest absolute Gasteiger partial charge is 0.124 e. The van der Waals surface area contributed by atoms with Gasteiger partial charge in [0.25, 0.3) is 0 Å². The van der Waals surface area contributed by atoms with Crippen molar-refractivity contribution < 1.29 is 4.52 Å². The molecule has 0 aromatic carbocycles. The molecule has 72 valence electrons. The third-order valence-corrected chi connectivity index (χ3v) is 3.62. The van der Waals surface area contributed by atoms with Crippen molar-refractivity contribution in [1.29, 1.82) is 0 Å². The Balaban J connectivity index is 1.74. The number of hydrogen-bond donors (Lipinski definition) is 1. The summed E-state index contributed by atoms with van der Waals surface area (Å²) < 4.78 is 4.76. The predicted octanol–water partition coefficient (Wildman–Crippen LogP) is 1.66. The molecule has 0 bridgehead atoms. The molecule has 1 aromatic heterocycles. The van der Waals surface area contributed by atoms with E-state index in [9.17, 15) is 0 Å². The molecule has 2 atom stereocenters. The molecule has 0 saturated carbocycles. The van der Waals surface area contributed by atoms with Crippen LogP contribution in [0.25, 0.3) is 0 Å². The molecule has 1 aliphatic heterocycles. The molecule has 2 rings (SSSR count). The summed E-state index contributed by atoms with van der Waals surface area (Å²) in [6.07, 6.45) is 2.88. The van der Waals surface area contributed by atoms with Crippen LogP contribution in [0.3, 0.4) is 0 Å². The molecule has 0 spiro atoms. The molecule has 1 aromatic rings. The second-order valence-electron chi connectivity index (χ2n) is 3.45. The second-order valence-corrected chi connectivity index (χ2v) is 4.92. The van der Waals surface area contributed by atoms with Crippen LogP contribution in [0.5, 0.6) is 0 Å². The number of thioether (sulfide) groups is 1. The molecule has 1 aliphatic rings. The topological polar surface area (TPSA) is 38.1 Å². The van der Waals surface area contributed by atoms with Crippen LogP contribution in [0.4, 0.5) is 0 Å². The summed E-state index contributed by atoms with van der Waals surface area (Å²) in [5.74, 6) is 1.22. The summed E-state index contributed by atoms with van der Waals surface area (Å²) in [4.78, 5) is 0. The molecule has 0 aliphatic carbocycles. The third kappa shape index (κ3) is 2.48. The van der Waals surface area contributed by atoms with Gasteiger partial charge in [-0.3, -0.25) is 0 Å². The van der Waals surface area contributed by atoms with E-state index in [1.165, 1.54) is 12.2 Å². The summed E-state index contributed by atoms with van der Waals surface area (Å²) in [6, 6.07) is 2.55. The van der Waals surface area contributed by atoms with Gasteiger partial charge < -0.3 is 9.84 Å². The molecule has 0 radical (unpaired) electrons.